The first-order valence-electron chi connectivity index (χ1n) is 5.18. The molecule has 92 valence electrons. The smallest absolute Gasteiger partial charge is 0.212 e. The van der Waals surface area contributed by atoms with Crippen molar-refractivity contribution in [3.63, 3.8) is 0 Å². The Bertz CT molecular complexity index is 280. The Hall–Kier alpha value is 0.200. The van der Waals surface area contributed by atoms with Gasteiger partial charge in [0, 0.05) is 11.9 Å². The highest BCUT2D eigenvalue weighted by molar-refractivity contribution is 7.90. The summed E-state index contributed by atoms with van der Waals surface area (Å²) in [6.07, 6.45) is 0.650. The third-order valence-electron chi connectivity index (χ3n) is 2.37. The van der Waals surface area contributed by atoms with Crippen LogP contribution in [0.3, 0.4) is 0 Å². The molecule has 1 unspecified atom stereocenters. The van der Waals surface area contributed by atoms with E-state index in [9.17, 15) is 8.42 Å². The van der Waals surface area contributed by atoms with Crippen molar-refractivity contribution in [3.8, 4) is 0 Å². The molecule has 0 rings (SSSR count). The van der Waals surface area contributed by atoms with Crippen LogP contribution < -0.4 is 4.72 Å². The number of hydrogen-bond donors (Lipinski definition) is 1. The van der Waals surface area contributed by atoms with E-state index in [1.165, 1.54) is 0 Å². The molecule has 5 heteroatoms. The molecule has 0 saturated carbocycles. The Morgan fingerprint density at radius 2 is 1.73 bits per heavy atom. The van der Waals surface area contributed by atoms with E-state index in [2.05, 4.69) is 4.72 Å². The zero-order chi connectivity index (χ0) is 12.3. The summed E-state index contributed by atoms with van der Waals surface area (Å²) in [5.74, 6) is 0.461. The lowest BCUT2D eigenvalue weighted by Gasteiger charge is -2.31. The summed E-state index contributed by atoms with van der Waals surface area (Å²) in [6, 6.07) is -0.109. The average Bonchev–Trinajstić information content (AvgIpc) is 2.01. The molecule has 0 spiro atoms. The minimum atomic E-state index is -3.21. The molecule has 0 aliphatic carbocycles. The Morgan fingerprint density at radius 3 is 2.00 bits per heavy atom. The first kappa shape index (κ1) is 15.2. The van der Waals surface area contributed by atoms with E-state index in [1.807, 2.05) is 20.8 Å². The summed E-state index contributed by atoms with van der Waals surface area (Å²) in [5.41, 5.74) is -0.114. The molecular formula is C10H22ClNO2S. The maximum Gasteiger partial charge on any atom is 0.214 e. The number of hydrogen-bond acceptors (Lipinski definition) is 2. The van der Waals surface area contributed by atoms with E-state index in [4.69, 9.17) is 11.6 Å². The van der Waals surface area contributed by atoms with Gasteiger partial charge in [-0.25, -0.2) is 13.1 Å². The quantitative estimate of drug-likeness (QED) is 0.767. The molecule has 0 aromatic rings. The van der Waals surface area contributed by atoms with Gasteiger partial charge in [-0.2, -0.15) is 0 Å². The molecule has 1 atom stereocenters. The predicted octanol–water partition coefficient (Wildman–Crippen LogP) is 2.36. The summed E-state index contributed by atoms with van der Waals surface area (Å²) in [4.78, 5) is 0. The van der Waals surface area contributed by atoms with Crippen LogP contribution in [0.2, 0.25) is 0 Å². The first-order valence-corrected chi connectivity index (χ1v) is 7.26. The molecule has 0 saturated heterocycles. The lowest BCUT2D eigenvalue weighted by Crippen LogP contribution is -2.46. The van der Waals surface area contributed by atoms with Gasteiger partial charge in [-0.1, -0.05) is 20.8 Å². The summed E-state index contributed by atoms with van der Waals surface area (Å²) in [5, 5.41) is -0.405. The van der Waals surface area contributed by atoms with E-state index < -0.39 is 15.3 Å². The van der Waals surface area contributed by atoms with Crippen LogP contribution >= 0.6 is 11.6 Å². The van der Waals surface area contributed by atoms with E-state index in [1.54, 1.807) is 13.8 Å². The fourth-order valence-corrected chi connectivity index (χ4v) is 2.47. The molecular weight excluding hydrogens is 234 g/mol. The number of halogens is 1. The van der Waals surface area contributed by atoms with Crippen LogP contribution in [0.1, 0.15) is 41.0 Å². The van der Waals surface area contributed by atoms with Gasteiger partial charge in [0.2, 0.25) is 10.0 Å². The Balaban J connectivity index is 4.71. The third-order valence-corrected chi connectivity index (χ3v) is 4.44. The summed E-state index contributed by atoms with van der Waals surface area (Å²) >= 11 is 5.68. The van der Waals surface area contributed by atoms with E-state index >= 15 is 0 Å². The number of alkyl halides is 1. The largest absolute Gasteiger partial charge is 0.214 e. The topological polar surface area (TPSA) is 46.2 Å². The van der Waals surface area contributed by atoms with Crippen LogP contribution in [-0.4, -0.2) is 25.6 Å². The van der Waals surface area contributed by atoms with Crippen molar-refractivity contribution < 1.29 is 8.42 Å². The minimum absolute atomic E-state index is 0.109. The van der Waals surface area contributed by atoms with Crippen LogP contribution in [0.4, 0.5) is 0 Å². The first-order chi connectivity index (χ1) is 6.61. The normalized spacial score (nSPS) is 15.7. The molecule has 0 aromatic heterocycles. The maximum absolute atomic E-state index is 11.7. The highest BCUT2D eigenvalue weighted by Crippen LogP contribution is 2.23. The van der Waals surface area contributed by atoms with Crippen LogP contribution in [0, 0.1) is 5.41 Å². The lowest BCUT2D eigenvalue weighted by atomic mass is 9.86. The standard InChI is InChI=1S/C10H22ClNO2S/c1-8(2)15(13,14)12-9(6-7-11)10(3,4)5/h8-9,12H,6-7H2,1-5H3. The van der Waals surface area contributed by atoms with Gasteiger partial charge in [0.05, 0.1) is 5.25 Å². The van der Waals surface area contributed by atoms with Crippen molar-refractivity contribution in [1.29, 1.82) is 0 Å². The monoisotopic (exact) mass is 255 g/mol. The van der Waals surface area contributed by atoms with Crippen molar-refractivity contribution in [2.75, 3.05) is 5.88 Å². The van der Waals surface area contributed by atoms with Gasteiger partial charge in [0.25, 0.3) is 0 Å². The molecule has 1 N–H and O–H groups in total. The molecule has 0 aliphatic heterocycles. The second kappa shape index (κ2) is 5.51. The number of sulfonamides is 1. The highest BCUT2D eigenvalue weighted by atomic mass is 35.5. The minimum Gasteiger partial charge on any atom is -0.212 e. The zero-order valence-electron chi connectivity index (χ0n) is 10.2. The van der Waals surface area contributed by atoms with E-state index in [0.29, 0.717) is 12.3 Å². The molecule has 0 heterocycles. The molecule has 0 aliphatic rings. The van der Waals surface area contributed by atoms with Crippen LogP contribution in [0.15, 0.2) is 0 Å². The maximum atomic E-state index is 11.7. The Labute approximate surface area is 98.6 Å². The van der Waals surface area contributed by atoms with Gasteiger partial charge >= 0.3 is 0 Å². The highest BCUT2D eigenvalue weighted by Gasteiger charge is 2.29. The van der Waals surface area contributed by atoms with Crippen molar-refractivity contribution in [3.05, 3.63) is 0 Å². The van der Waals surface area contributed by atoms with Crippen LogP contribution in [0.25, 0.3) is 0 Å². The summed E-state index contributed by atoms with van der Waals surface area (Å²) in [6.45, 7) is 9.36. The predicted molar refractivity (Wildman–Crippen MR) is 65.8 cm³/mol. The van der Waals surface area contributed by atoms with Crippen LogP contribution in [0.5, 0.6) is 0 Å². The van der Waals surface area contributed by atoms with Gasteiger partial charge < -0.3 is 0 Å². The fraction of sp³-hybridized carbons (Fsp3) is 1.00. The van der Waals surface area contributed by atoms with Gasteiger partial charge in [0.15, 0.2) is 0 Å². The molecule has 15 heavy (non-hydrogen) atoms. The number of rotatable bonds is 5. The van der Waals surface area contributed by atoms with Crippen molar-refractivity contribution in [2.24, 2.45) is 5.41 Å². The zero-order valence-corrected chi connectivity index (χ0v) is 11.7. The van der Waals surface area contributed by atoms with Crippen molar-refractivity contribution in [2.45, 2.75) is 52.3 Å². The van der Waals surface area contributed by atoms with Gasteiger partial charge in [-0.3, -0.25) is 0 Å². The van der Waals surface area contributed by atoms with E-state index in [-0.39, 0.29) is 11.5 Å². The fourth-order valence-electron chi connectivity index (χ4n) is 1.11. The van der Waals surface area contributed by atoms with Crippen molar-refractivity contribution >= 4 is 21.6 Å². The lowest BCUT2D eigenvalue weighted by molar-refractivity contribution is 0.292. The second-order valence-corrected chi connectivity index (χ2v) is 7.75. The molecule has 0 radical (unpaired) electrons. The SMILES string of the molecule is CC(C)S(=O)(=O)NC(CCCl)C(C)(C)C. The second-order valence-electron chi connectivity index (χ2n) is 5.11. The van der Waals surface area contributed by atoms with Crippen LogP contribution in [-0.2, 0) is 10.0 Å². The molecule has 0 amide bonds. The van der Waals surface area contributed by atoms with Gasteiger partial charge in [-0.15, -0.1) is 11.6 Å². The third kappa shape index (κ3) is 5.18. The van der Waals surface area contributed by atoms with Gasteiger partial charge in [0.1, 0.15) is 0 Å². The van der Waals surface area contributed by atoms with Crippen molar-refractivity contribution in [1.82, 2.24) is 4.72 Å². The van der Waals surface area contributed by atoms with E-state index in [0.717, 1.165) is 0 Å². The van der Waals surface area contributed by atoms with Gasteiger partial charge in [-0.05, 0) is 25.7 Å². The molecule has 0 fully saturated rings. The average molecular weight is 256 g/mol. The molecule has 0 bridgehead atoms. The Morgan fingerprint density at radius 1 is 1.27 bits per heavy atom. The number of nitrogens with one attached hydrogen (secondary N) is 1. The molecule has 3 nitrogen and oxygen atoms in total. The summed E-state index contributed by atoms with van der Waals surface area (Å²) in [7, 11) is -3.21. The Kier molecular flexibility index (Phi) is 5.58. The molecule has 0 aromatic carbocycles. The summed E-state index contributed by atoms with van der Waals surface area (Å²) < 4.78 is 26.1.